The maximum atomic E-state index is 11.5. The van der Waals surface area contributed by atoms with Gasteiger partial charge in [0.15, 0.2) is 0 Å². The van der Waals surface area contributed by atoms with Gasteiger partial charge in [-0.1, -0.05) is 56.3 Å². The molecule has 0 aliphatic rings. The molecule has 0 atom stereocenters. The lowest BCUT2D eigenvalue weighted by Gasteiger charge is -2.27. The van der Waals surface area contributed by atoms with E-state index in [1.807, 2.05) is 44.2 Å². The van der Waals surface area contributed by atoms with E-state index in [-0.39, 0.29) is 5.75 Å². The summed E-state index contributed by atoms with van der Waals surface area (Å²) in [7, 11) is -4.55. The van der Waals surface area contributed by atoms with Crippen LogP contribution >= 0.6 is 0 Å². The van der Waals surface area contributed by atoms with Crippen LogP contribution in [0.3, 0.4) is 0 Å². The monoisotopic (exact) mass is 384 g/mol. The Morgan fingerprint density at radius 3 is 1.93 bits per heavy atom. The average Bonchev–Trinajstić information content (AvgIpc) is 2.62. The molecule has 0 unspecified atom stereocenters. The predicted molar refractivity (Wildman–Crippen MR) is 104 cm³/mol. The van der Waals surface area contributed by atoms with E-state index >= 15 is 0 Å². The molecule has 27 heavy (non-hydrogen) atoms. The highest BCUT2D eigenvalue weighted by molar-refractivity contribution is 7.86. The summed E-state index contributed by atoms with van der Waals surface area (Å²) in [6, 6.07) is 18.7. The number of rotatable bonds is 4. The molecule has 0 amide bonds. The quantitative estimate of drug-likeness (QED) is 0.582. The van der Waals surface area contributed by atoms with Crippen LogP contribution in [-0.2, 0) is 15.5 Å². The summed E-state index contributed by atoms with van der Waals surface area (Å²) in [5.41, 5.74) is 2.33. The van der Waals surface area contributed by atoms with Gasteiger partial charge in [-0.05, 0) is 41.0 Å². The summed E-state index contributed by atoms with van der Waals surface area (Å²) in [5.74, 6) is -0.397. The van der Waals surface area contributed by atoms with Gasteiger partial charge in [0, 0.05) is 11.0 Å². The minimum atomic E-state index is -4.55. The fourth-order valence-electron chi connectivity index (χ4n) is 3.13. The SMILES string of the molecule is CC(C)(c1ccccc1)c1cc(-c2ccc(O)c(S(=O)(=O)O)c2)ccc1O. The molecule has 0 heterocycles. The Bertz CT molecular complexity index is 1090. The van der Waals surface area contributed by atoms with E-state index in [1.165, 1.54) is 12.1 Å². The molecular weight excluding hydrogens is 364 g/mol. The molecule has 6 heteroatoms. The summed E-state index contributed by atoms with van der Waals surface area (Å²) in [6.07, 6.45) is 0. The third-order valence-corrected chi connectivity index (χ3v) is 5.62. The van der Waals surface area contributed by atoms with Crippen LogP contribution in [-0.4, -0.2) is 23.2 Å². The maximum absolute atomic E-state index is 11.5. The van der Waals surface area contributed by atoms with Gasteiger partial charge in [-0.2, -0.15) is 8.42 Å². The van der Waals surface area contributed by atoms with Gasteiger partial charge < -0.3 is 10.2 Å². The maximum Gasteiger partial charge on any atom is 0.298 e. The normalized spacial score (nSPS) is 12.1. The standard InChI is InChI=1S/C21H20O5S/c1-21(2,16-6-4-3-5-7-16)17-12-14(8-10-18(17)22)15-9-11-19(23)20(13-15)27(24,25)26/h3-13,22-23H,1-2H3,(H,24,25,26). The molecular formula is C21H20O5S. The molecule has 0 saturated carbocycles. The van der Waals surface area contributed by atoms with Crippen molar-refractivity contribution in [1.29, 1.82) is 0 Å². The second-order valence-corrected chi connectivity index (χ2v) is 8.27. The average molecular weight is 384 g/mol. The first-order chi connectivity index (χ1) is 12.6. The van der Waals surface area contributed by atoms with Crippen molar-refractivity contribution in [2.24, 2.45) is 0 Å². The second kappa shape index (κ2) is 6.72. The summed E-state index contributed by atoms with van der Waals surface area (Å²) in [5, 5.41) is 20.1. The van der Waals surface area contributed by atoms with E-state index in [9.17, 15) is 23.2 Å². The van der Waals surface area contributed by atoms with Gasteiger partial charge >= 0.3 is 0 Å². The topological polar surface area (TPSA) is 94.8 Å². The van der Waals surface area contributed by atoms with Gasteiger partial charge in [0.1, 0.15) is 16.4 Å². The van der Waals surface area contributed by atoms with Crippen LogP contribution in [0.1, 0.15) is 25.0 Å². The number of hydrogen-bond donors (Lipinski definition) is 3. The van der Waals surface area contributed by atoms with Crippen molar-refractivity contribution in [1.82, 2.24) is 0 Å². The van der Waals surface area contributed by atoms with Crippen LogP contribution in [0, 0.1) is 0 Å². The molecule has 0 aliphatic carbocycles. The molecule has 0 fully saturated rings. The zero-order chi connectivity index (χ0) is 19.8. The van der Waals surface area contributed by atoms with Crippen LogP contribution in [0.5, 0.6) is 11.5 Å². The summed E-state index contributed by atoms with van der Waals surface area (Å²) < 4.78 is 32.2. The largest absolute Gasteiger partial charge is 0.508 e. The van der Waals surface area contributed by atoms with Crippen LogP contribution in [0.25, 0.3) is 11.1 Å². The Labute approximate surface area is 158 Å². The number of phenolic OH excluding ortho intramolecular Hbond substituents is 2. The Morgan fingerprint density at radius 2 is 1.33 bits per heavy atom. The molecule has 0 aromatic heterocycles. The van der Waals surface area contributed by atoms with E-state index in [2.05, 4.69) is 0 Å². The van der Waals surface area contributed by atoms with E-state index in [0.717, 1.165) is 5.56 Å². The smallest absolute Gasteiger partial charge is 0.298 e. The van der Waals surface area contributed by atoms with Crippen molar-refractivity contribution >= 4 is 10.1 Å². The molecule has 140 valence electrons. The first kappa shape index (κ1) is 18.9. The third-order valence-electron chi connectivity index (χ3n) is 4.74. The molecule has 3 N–H and O–H groups in total. The van der Waals surface area contributed by atoms with Gasteiger partial charge in [0.25, 0.3) is 10.1 Å². The van der Waals surface area contributed by atoms with Gasteiger partial charge in [-0.15, -0.1) is 0 Å². The molecule has 3 aromatic carbocycles. The second-order valence-electron chi connectivity index (χ2n) is 6.88. The number of aromatic hydroxyl groups is 2. The summed E-state index contributed by atoms with van der Waals surface area (Å²) >= 11 is 0. The van der Waals surface area contributed by atoms with Crippen molar-refractivity contribution in [3.8, 4) is 22.6 Å². The zero-order valence-corrected chi connectivity index (χ0v) is 15.7. The van der Waals surface area contributed by atoms with Crippen LogP contribution in [0.2, 0.25) is 0 Å². The van der Waals surface area contributed by atoms with Crippen molar-refractivity contribution in [3.05, 3.63) is 77.9 Å². The summed E-state index contributed by atoms with van der Waals surface area (Å²) in [6.45, 7) is 3.98. The van der Waals surface area contributed by atoms with Crippen LogP contribution < -0.4 is 0 Å². The van der Waals surface area contributed by atoms with E-state index in [4.69, 9.17) is 0 Å². The van der Waals surface area contributed by atoms with E-state index in [0.29, 0.717) is 16.7 Å². The highest BCUT2D eigenvalue weighted by Gasteiger charge is 2.26. The number of hydrogen-bond acceptors (Lipinski definition) is 4. The fraction of sp³-hybridized carbons (Fsp3) is 0.143. The molecule has 5 nitrogen and oxygen atoms in total. The summed E-state index contributed by atoms with van der Waals surface area (Å²) in [4.78, 5) is -0.558. The molecule has 0 aliphatic heterocycles. The zero-order valence-electron chi connectivity index (χ0n) is 14.9. The Morgan fingerprint density at radius 1 is 0.778 bits per heavy atom. The number of phenols is 2. The third kappa shape index (κ3) is 3.67. The number of benzene rings is 3. The lowest BCUT2D eigenvalue weighted by atomic mass is 9.77. The Balaban J connectivity index is 2.15. The molecule has 0 radical (unpaired) electrons. The Hall–Kier alpha value is -2.83. The molecule has 0 saturated heterocycles. The lowest BCUT2D eigenvalue weighted by molar-refractivity contribution is 0.443. The van der Waals surface area contributed by atoms with E-state index in [1.54, 1.807) is 24.3 Å². The minimum absolute atomic E-state index is 0.126. The molecule has 0 bridgehead atoms. The fourth-order valence-corrected chi connectivity index (χ4v) is 3.74. The van der Waals surface area contributed by atoms with Crippen molar-refractivity contribution in [2.45, 2.75) is 24.2 Å². The highest BCUT2D eigenvalue weighted by Crippen LogP contribution is 2.39. The van der Waals surface area contributed by atoms with Gasteiger partial charge in [-0.3, -0.25) is 4.55 Å². The first-order valence-corrected chi connectivity index (χ1v) is 9.74. The molecule has 3 aromatic rings. The molecule has 3 rings (SSSR count). The highest BCUT2D eigenvalue weighted by atomic mass is 32.2. The first-order valence-electron chi connectivity index (χ1n) is 8.30. The van der Waals surface area contributed by atoms with Gasteiger partial charge in [0.05, 0.1) is 0 Å². The van der Waals surface area contributed by atoms with Gasteiger partial charge in [-0.25, -0.2) is 0 Å². The predicted octanol–water partition coefficient (Wildman–Crippen LogP) is 4.34. The van der Waals surface area contributed by atoms with Crippen LogP contribution in [0.15, 0.2) is 71.6 Å². The lowest BCUT2D eigenvalue weighted by Crippen LogP contribution is -2.19. The van der Waals surface area contributed by atoms with Gasteiger partial charge in [0.2, 0.25) is 0 Å². The van der Waals surface area contributed by atoms with Crippen LogP contribution in [0.4, 0.5) is 0 Å². The van der Waals surface area contributed by atoms with Crippen molar-refractivity contribution < 1.29 is 23.2 Å². The van der Waals surface area contributed by atoms with Crippen molar-refractivity contribution in [2.75, 3.05) is 0 Å². The minimum Gasteiger partial charge on any atom is -0.508 e. The Kier molecular flexibility index (Phi) is 4.71. The molecule has 0 spiro atoms. The van der Waals surface area contributed by atoms with E-state index < -0.39 is 26.2 Å². The van der Waals surface area contributed by atoms with Crippen molar-refractivity contribution in [3.63, 3.8) is 0 Å².